The van der Waals surface area contributed by atoms with Crippen molar-refractivity contribution in [2.24, 2.45) is 0 Å². The molecule has 0 aliphatic rings. The van der Waals surface area contributed by atoms with Crippen LogP contribution in [-0.4, -0.2) is 15.0 Å². The van der Waals surface area contributed by atoms with Crippen LogP contribution in [0.1, 0.15) is 0 Å². The molecule has 2 heterocycles. The van der Waals surface area contributed by atoms with Crippen LogP contribution in [0.15, 0.2) is 29.2 Å². The molecule has 0 unspecified atom stereocenters. The van der Waals surface area contributed by atoms with Crippen molar-refractivity contribution in [3.63, 3.8) is 0 Å². The van der Waals surface area contributed by atoms with Gasteiger partial charge in [-0.05, 0) is 12.1 Å². The fraction of sp³-hybridized carbons (Fsp3) is 0. The first-order chi connectivity index (χ1) is 6.25. The summed E-state index contributed by atoms with van der Waals surface area (Å²) in [6.07, 6.45) is 1.77. The number of aromatic nitrogens is 3. The van der Waals surface area contributed by atoms with Crippen LogP contribution in [0.3, 0.4) is 0 Å². The highest BCUT2D eigenvalue weighted by atomic mass is 16.1. The van der Waals surface area contributed by atoms with Crippen molar-refractivity contribution in [3.05, 3.63) is 34.9 Å². The summed E-state index contributed by atoms with van der Waals surface area (Å²) in [6, 6.07) is 5.28. The fourth-order valence-electron chi connectivity index (χ4n) is 1.12. The van der Waals surface area contributed by atoms with Crippen molar-refractivity contribution in [1.29, 1.82) is 0 Å². The lowest BCUT2D eigenvalue weighted by molar-refractivity contribution is 1.08. The number of rotatable bonds is 1. The number of nitrogens with one attached hydrogen (secondary N) is 2. The Morgan fingerprint density at radius 1 is 1.38 bits per heavy atom. The van der Waals surface area contributed by atoms with Crippen LogP contribution in [0.4, 0.5) is 5.82 Å². The van der Waals surface area contributed by atoms with Gasteiger partial charge in [0, 0.05) is 12.3 Å². The van der Waals surface area contributed by atoms with E-state index in [1.54, 1.807) is 12.3 Å². The summed E-state index contributed by atoms with van der Waals surface area (Å²) >= 11 is 0. The minimum Gasteiger partial charge on any atom is -0.383 e. The lowest BCUT2D eigenvalue weighted by atomic mass is 10.3. The van der Waals surface area contributed by atoms with Crippen molar-refractivity contribution in [2.75, 3.05) is 5.73 Å². The molecule has 0 saturated carbocycles. The summed E-state index contributed by atoms with van der Waals surface area (Å²) in [5.41, 5.74) is 6.43. The third kappa shape index (κ3) is 1.44. The third-order valence-corrected chi connectivity index (χ3v) is 1.65. The van der Waals surface area contributed by atoms with E-state index in [2.05, 4.69) is 15.0 Å². The molecule has 0 aliphatic heterocycles. The zero-order chi connectivity index (χ0) is 9.26. The molecule has 0 bridgehead atoms. The van der Waals surface area contributed by atoms with Crippen molar-refractivity contribution in [2.45, 2.75) is 0 Å². The van der Waals surface area contributed by atoms with Gasteiger partial charge in [0.15, 0.2) is 0 Å². The Morgan fingerprint density at radius 3 is 2.85 bits per heavy atom. The van der Waals surface area contributed by atoms with Crippen LogP contribution < -0.4 is 11.4 Å². The number of nitrogen functional groups attached to an aromatic ring is 1. The molecule has 0 fully saturated rings. The SMILES string of the molecule is Nc1cc(-c2ccc[nH]2)[nH]c(=O)n1. The van der Waals surface area contributed by atoms with Gasteiger partial charge in [0.1, 0.15) is 5.82 Å². The second-order valence-corrected chi connectivity index (χ2v) is 2.61. The lowest BCUT2D eigenvalue weighted by Gasteiger charge is -1.97. The predicted molar refractivity (Wildman–Crippen MR) is 49.1 cm³/mol. The average Bonchev–Trinajstić information content (AvgIpc) is 2.53. The van der Waals surface area contributed by atoms with Gasteiger partial charge in [-0.2, -0.15) is 4.98 Å². The molecule has 5 heteroatoms. The second-order valence-electron chi connectivity index (χ2n) is 2.61. The minimum absolute atomic E-state index is 0.216. The van der Waals surface area contributed by atoms with E-state index in [1.165, 1.54) is 0 Å². The largest absolute Gasteiger partial charge is 0.383 e. The summed E-state index contributed by atoms with van der Waals surface area (Å²) in [5, 5.41) is 0. The van der Waals surface area contributed by atoms with E-state index >= 15 is 0 Å². The quantitative estimate of drug-likeness (QED) is 0.585. The zero-order valence-corrected chi connectivity index (χ0v) is 6.74. The minimum atomic E-state index is -0.440. The van der Waals surface area contributed by atoms with E-state index in [1.807, 2.05) is 12.1 Å². The van der Waals surface area contributed by atoms with Crippen LogP contribution in [0.2, 0.25) is 0 Å². The number of nitrogens with zero attached hydrogens (tertiary/aromatic N) is 1. The lowest BCUT2D eigenvalue weighted by Crippen LogP contribution is -2.13. The van der Waals surface area contributed by atoms with Gasteiger partial charge in [0.2, 0.25) is 0 Å². The maximum atomic E-state index is 10.9. The first-order valence-electron chi connectivity index (χ1n) is 3.76. The van der Waals surface area contributed by atoms with Crippen molar-refractivity contribution in [3.8, 4) is 11.4 Å². The van der Waals surface area contributed by atoms with Gasteiger partial charge in [0.25, 0.3) is 0 Å². The van der Waals surface area contributed by atoms with Crippen molar-refractivity contribution >= 4 is 5.82 Å². The summed E-state index contributed by atoms with van der Waals surface area (Å²) in [4.78, 5) is 20.0. The highest BCUT2D eigenvalue weighted by Gasteiger charge is 2.00. The Kier molecular flexibility index (Phi) is 1.63. The highest BCUT2D eigenvalue weighted by Crippen LogP contribution is 2.12. The van der Waals surface area contributed by atoms with Crippen molar-refractivity contribution < 1.29 is 0 Å². The Labute approximate surface area is 73.6 Å². The third-order valence-electron chi connectivity index (χ3n) is 1.65. The van der Waals surface area contributed by atoms with Crippen LogP contribution in [0, 0.1) is 0 Å². The van der Waals surface area contributed by atoms with Crippen LogP contribution >= 0.6 is 0 Å². The molecule has 2 rings (SSSR count). The summed E-state index contributed by atoms with van der Waals surface area (Å²) < 4.78 is 0. The first kappa shape index (κ1) is 7.60. The molecule has 5 nitrogen and oxygen atoms in total. The maximum absolute atomic E-state index is 10.9. The number of nitrogens with two attached hydrogens (primary N) is 1. The normalized spacial score (nSPS) is 10.2. The van der Waals surface area contributed by atoms with Gasteiger partial charge in [-0.3, -0.25) is 0 Å². The van der Waals surface area contributed by atoms with Gasteiger partial charge in [-0.15, -0.1) is 0 Å². The average molecular weight is 176 g/mol. The van der Waals surface area contributed by atoms with E-state index in [-0.39, 0.29) is 5.82 Å². The van der Waals surface area contributed by atoms with Crippen molar-refractivity contribution in [1.82, 2.24) is 15.0 Å². The van der Waals surface area contributed by atoms with E-state index in [9.17, 15) is 4.79 Å². The second kappa shape index (κ2) is 2.78. The standard InChI is InChI=1S/C8H8N4O/c9-7-4-6(11-8(13)12-7)5-2-1-3-10-5/h1-4,10H,(H3,9,11,12,13). The molecule has 0 atom stereocenters. The Hall–Kier alpha value is -2.04. The Balaban J connectivity index is 2.59. The first-order valence-corrected chi connectivity index (χ1v) is 3.76. The number of hydrogen-bond donors (Lipinski definition) is 3. The van der Waals surface area contributed by atoms with Crippen LogP contribution in [0.25, 0.3) is 11.4 Å². The highest BCUT2D eigenvalue weighted by molar-refractivity contribution is 5.56. The van der Waals surface area contributed by atoms with Gasteiger partial charge in [-0.1, -0.05) is 0 Å². The number of anilines is 1. The van der Waals surface area contributed by atoms with E-state index < -0.39 is 5.69 Å². The smallest absolute Gasteiger partial charge is 0.347 e. The number of hydrogen-bond acceptors (Lipinski definition) is 3. The molecule has 0 radical (unpaired) electrons. The molecule has 0 aromatic carbocycles. The molecule has 2 aromatic heterocycles. The molecular formula is C8H8N4O. The van der Waals surface area contributed by atoms with Gasteiger partial charge < -0.3 is 15.7 Å². The van der Waals surface area contributed by atoms with Gasteiger partial charge >= 0.3 is 5.69 Å². The number of H-pyrrole nitrogens is 2. The van der Waals surface area contributed by atoms with Crippen LogP contribution in [0.5, 0.6) is 0 Å². The summed E-state index contributed by atoms with van der Waals surface area (Å²) in [7, 11) is 0. The van der Waals surface area contributed by atoms with E-state index in [0.717, 1.165) is 5.69 Å². The Bertz CT molecular complexity index is 457. The monoisotopic (exact) mass is 176 g/mol. The topological polar surface area (TPSA) is 87.6 Å². The van der Waals surface area contributed by atoms with Gasteiger partial charge in [0.05, 0.1) is 11.4 Å². The Morgan fingerprint density at radius 2 is 2.23 bits per heavy atom. The zero-order valence-electron chi connectivity index (χ0n) is 6.74. The van der Waals surface area contributed by atoms with E-state index in [0.29, 0.717) is 5.69 Å². The molecule has 66 valence electrons. The summed E-state index contributed by atoms with van der Waals surface area (Å²) in [5.74, 6) is 0.216. The molecule has 0 amide bonds. The van der Waals surface area contributed by atoms with Gasteiger partial charge in [-0.25, -0.2) is 4.79 Å². The molecule has 0 saturated heterocycles. The number of aromatic amines is 2. The molecule has 4 N–H and O–H groups in total. The van der Waals surface area contributed by atoms with Crippen LogP contribution in [-0.2, 0) is 0 Å². The molecule has 0 aliphatic carbocycles. The molecule has 13 heavy (non-hydrogen) atoms. The van der Waals surface area contributed by atoms with E-state index in [4.69, 9.17) is 5.73 Å². The predicted octanol–water partition coefficient (Wildman–Crippen LogP) is 0.347. The molecule has 0 spiro atoms. The summed E-state index contributed by atoms with van der Waals surface area (Å²) in [6.45, 7) is 0. The maximum Gasteiger partial charge on any atom is 0.347 e. The molecular weight excluding hydrogens is 168 g/mol. The molecule has 2 aromatic rings. The fourth-order valence-corrected chi connectivity index (χ4v) is 1.12.